The molecule has 168 valence electrons. The first-order valence-corrected chi connectivity index (χ1v) is 10.7. The number of benzene rings is 2. The summed E-state index contributed by atoms with van der Waals surface area (Å²) < 4.78 is 39.4. The van der Waals surface area contributed by atoms with E-state index in [1.165, 1.54) is 0 Å². The Morgan fingerprint density at radius 1 is 1.31 bits per heavy atom. The highest BCUT2D eigenvalue weighted by Crippen LogP contribution is 2.38. The number of nitro benzene ring substituents is 1. The van der Waals surface area contributed by atoms with E-state index in [0.29, 0.717) is 36.8 Å². The molecule has 0 spiro atoms. The fourth-order valence-electron chi connectivity index (χ4n) is 3.67. The summed E-state index contributed by atoms with van der Waals surface area (Å²) in [4.78, 5) is 29.2. The molecule has 2 heterocycles. The van der Waals surface area contributed by atoms with E-state index < -0.39 is 39.3 Å². The Morgan fingerprint density at radius 2 is 2.06 bits per heavy atom. The summed E-state index contributed by atoms with van der Waals surface area (Å²) in [5.74, 6) is 0. The molecule has 1 aliphatic rings. The summed E-state index contributed by atoms with van der Waals surface area (Å²) in [5.41, 5.74) is -1.03. The number of alkyl halides is 3. The van der Waals surface area contributed by atoms with Crippen molar-refractivity contribution in [3.63, 3.8) is 0 Å². The number of non-ortho nitro benzene ring substituents is 1. The number of hydrogen-bond donors (Lipinski definition) is 1. The van der Waals surface area contributed by atoms with E-state index in [1.807, 2.05) is 19.1 Å². The minimum absolute atomic E-state index is 0.129. The van der Waals surface area contributed by atoms with Gasteiger partial charge in [-0.25, -0.2) is 4.98 Å². The average molecular weight is 485 g/mol. The lowest BCUT2D eigenvalue weighted by molar-refractivity contribution is -0.383. The molecule has 4 rings (SSSR count). The second-order valence-electron chi connectivity index (χ2n) is 7.37. The molecule has 7 nitrogen and oxygen atoms in total. The first kappa shape index (κ1) is 22.4. The number of anilines is 1. The first-order chi connectivity index (χ1) is 15.0. The number of nitro groups is 1. The SMILES string of the molecule is Cc1ccc(Cl)cc1N1CCNC(c2nc(=O)c3cc(C(F)(F)F)cc([N+](=O)[O-])c3s2)C1. The van der Waals surface area contributed by atoms with Crippen LogP contribution in [0.3, 0.4) is 0 Å². The fourth-order valence-corrected chi connectivity index (χ4v) is 4.97. The smallest absolute Gasteiger partial charge is 0.368 e. The van der Waals surface area contributed by atoms with Crippen LogP contribution in [0, 0.1) is 17.0 Å². The predicted octanol–water partition coefficient (Wildman–Crippen LogP) is 4.70. The van der Waals surface area contributed by atoms with Crippen molar-refractivity contribution in [3.05, 3.63) is 72.0 Å². The van der Waals surface area contributed by atoms with Crippen molar-refractivity contribution in [2.24, 2.45) is 0 Å². The van der Waals surface area contributed by atoms with E-state index in [0.717, 1.165) is 22.6 Å². The monoisotopic (exact) mass is 484 g/mol. The maximum atomic E-state index is 13.2. The summed E-state index contributed by atoms with van der Waals surface area (Å²) >= 11 is 6.98. The number of nitrogens with one attached hydrogen (secondary N) is 1. The highest BCUT2D eigenvalue weighted by Gasteiger charge is 2.34. The van der Waals surface area contributed by atoms with E-state index in [2.05, 4.69) is 15.2 Å². The van der Waals surface area contributed by atoms with Crippen LogP contribution in [0.1, 0.15) is 22.2 Å². The maximum Gasteiger partial charge on any atom is 0.416 e. The number of halogens is 4. The molecule has 1 aliphatic heterocycles. The summed E-state index contributed by atoms with van der Waals surface area (Å²) in [6.45, 7) is 3.56. The quantitative estimate of drug-likeness (QED) is 0.428. The van der Waals surface area contributed by atoms with Gasteiger partial charge in [-0.2, -0.15) is 13.2 Å². The Bertz CT molecular complexity index is 1280. The molecule has 1 saturated heterocycles. The van der Waals surface area contributed by atoms with Crippen molar-refractivity contribution >= 4 is 44.4 Å². The van der Waals surface area contributed by atoms with Crippen LogP contribution in [-0.2, 0) is 6.18 Å². The Labute approximate surface area is 188 Å². The molecule has 32 heavy (non-hydrogen) atoms. The van der Waals surface area contributed by atoms with Gasteiger partial charge in [-0.15, -0.1) is 11.3 Å². The maximum absolute atomic E-state index is 13.2. The van der Waals surface area contributed by atoms with Crippen LogP contribution in [0.4, 0.5) is 24.5 Å². The highest BCUT2D eigenvalue weighted by atomic mass is 35.5. The largest absolute Gasteiger partial charge is 0.416 e. The molecule has 1 N–H and O–H groups in total. The van der Waals surface area contributed by atoms with Crippen LogP contribution in [0.25, 0.3) is 10.1 Å². The number of nitrogens with zero attached hydrogens (tertiary/aromatic N) is 3. The molecular weight excluding hydrogens is 469 g/mol. The summed E-state index contributed by atoms with van der Waals surface area (Å²) in [7, 11) is 0. The van der Waals surface area contributed by atoms with Crippen LogP contribution in [0.5, 0.6) is 0 Å². The Balaban J connectivity index is 1.78. The van der Waals surface area contributed by atoms with E-state index >= 15 is 0 Å². The zero-order valence-electron chi connectivity index (χ0n) is 16.6. The third kappa shape index (κ3) is 4.27. The second kappa shape index (κ2) is 8.30. The van der Waals surface area contributed by atoms with Crippen molar-refractivity contribution in [3.8, 4) is 0 Å². The number of aromatic nitrogens is 1. The molecule has 1 atom stereocenters. The van der Waals surface area contributed by atoms with Gasteiger partial charge < -0.3 is 10.2 Å². The zero-order chi connectivity index (χ0) is 23.2. The Kier molecular flexibility index (Phi) is 5.82. The average Bonchev–Trinajstić information content (AvgIpc) is 2.74. The number of hydrogen-bond acceptors (Lipinski definition) is 7. The van der Waals surface area contributed by atoms with E-state index in [1.54, 1.807) is 6.07 Å². The topological polar surface area (TPSA) is 88.4 Å². The lowest BCUT2D eigenvalue weighted by Gasteiger charge is -2.35. The molecule has 0 radical (unpaired) electrons. The summed E-state index contributed by atoms with van der Waals surface area (Å²) in [6.07, 6.45) is -4.82. The van der Waals surface area contributed by atoms with Gasteiger partial charge in [-0.05, 0) is 30.7 Å². The van der Waals surface area contributed by atoms with Gasteiger partial charge in [0.05, 0.1) is 21.9 Å². The van der Waals surface area contributed by atoms with Gasteiger partial charge in [-0.1, -0.05) is 17.7 Å². The summed E-state index contributed by atoms with van der Waals surface area (Å²) in [6, 6.07) is 6.14. The molecule has 1 fully saturated rings. The molecule has 3 aromatic rings. The zero-order valence-corrected chi connectivity index (χ0v) is 18.1. The van der Waals surface area contributed by atoms with Crippen LogP contribution in [0.2, 0.25) is 5.02 Å². The predicted molar refractivity (Wildman–Crippen MR) is 117 cm³/mol. The van der Waals surface area contributed by atoms with Gasteiger partial charge >= 0.3 is 6.18 Å². The van der Waals surface area contributed by atoms with Gasteiger partial charge in [-0.3, -0.25) is 14.9 Å². The minimum Gasteiger partial charge on any atom is -0.368 e. The van der Waals surface area contributed by atoms with Crippen LogP contribution >= 0.6 is 22.9 Å². The number of fused-ring (bicyclic) bond motifs is 1. The van der Waals surface area contributed by atoms with Gasteiger partial charge in [0.25, 0.3) is 11.2 Å². The normalized spacial score (nSPS) is 17.0. The second-order valence-corrected chi connectivity index (χ2v) is 8.83. The Morgan fingerprint density at radius 3 is 2.75 bits per heavy atom. The summed E-state index contributed by atoms with van der Waals surface area (Å²) in [5, 5.41) is 15.1. The van der Waals surface area contributed by atoms with E-state index in [4.69, 9.17) is 11.6 Å². The standard InChI is InChI=1S/C20H16ClF3N4O3S/c1-10-2-3-12(21)8-15(10)27-5-4-25-14(9-27)19-26-18(29)13-6-11(20(22,23)24)7-16(28(30)31)17(13)32-19/h2-3,6-8,14,25H,4-5,9H2,1H3. The van der Waals surface area contributed by atoms with Crippen LogP contribution in [-0.4, -0.2) is 29.5 Å². The first-order valence-electron chi connectivity index (χ1n) is 9.49. The number of piperazine rings is 1. The van der Waals surface area contributed by atoms with Crippen LogP contribution < -0.4 is 15.8 Å². The third-order valence-corrected chi connectivity index (χ3v) is 6.68. The molecule has 0 amide bonds. The molecular formula is C20H16ClF3N4O3S. The molecule has 1 aromatic heterocycles. The fraction of sp³-hybridized carbons (Fsp3) is 0.300. The lowest BCUT2D eigenvalue weighted by Crippen LogP contribution is -2.46. The lowest BCUT2D eigenvalue weighted by atomic mass is 10.1. The van der Waals surface area contributed by atoms with Gasteiger partial charge in [0.1, 0.15) is 9.71 Å². The van der Waals surface area contributed by atoms with Gasteiger partial charge in [0.15, 0.2) is 0 Å². The van der Waals surface area contributed by atoms with Crippen molar-refractivity contribution in [2.75, 3.05) is 24.5 Å². The van der Waals surface area contributed by atoms with Crippen molar-refractivity contribution in [2.45, 2.75) is 19.1 Å². The van der Waals surface area contributed by atoms with Crippen molar-refractivity contribution in [1.82, 2.24) is 10.3 Å². The molecule has 2 aromatic carbocycles. The van der Waals surface area contributed by atoms with E-state index in [9.17, 15) is 28.1 Å². The molecule has 0 saturated carbocycles. The minimum atomic E-state index is -4.82. The van der Waals surface area contributed by atoms with Crippen LogP contribution in [0.15, 0.2) is 35.1 Å². The highest BCUT2D eigenvalue weighted by molar-refractivity contribution is 7.18. The third-order valence-electron chi connectivity index (χ3n) is 5.23. The van der Waals surface area contributed by atoms with Crippen molar-refractivity contribution in [1.29, 1.82) is 0 Å². The molecule has 0 bridgehead atoms. The van der Waals surface area contributed by atoms with Gasteiger partial charge in [0, 0.05) is 36.4 Å². The molecule has 12 heteroatoms. The van der Waals surface area contributed by atoms with Crippen molar-refractivity contribution < 1.29 is 18.1 Å². The van der Waals surface area contributed by atoms with Gasteiger partial charge in [0.2, 0.25) is 0 Å². The molecule has 1 unspecified atom stereocenters. The Hall–Kier alpha value is -2.76. The number of rotatable bonds is 3. The molecule has 0 aliphatic carbocycles. The van der Waals surface area contributed by atoms with E-state index in [-0.39, 0.29) is 9.71 Å². The number of aryl methyl sites for hydroxylation is 1.